The van der Waals surface area contributed by atoms with Crippen LogP contribution in [0.5, 0.6) is 11.5 Å². The zero-order valence-corrected chi connectivity index (χ0v) is 14.9. The van der Waals surface area contributed by atoms with Crippen LogP contribution in [0, 0.1) is 0 Å². The van der Waals surface area contributed by atoms with Gasteiger partial charge in [0.25, 0.3) is 0 Å². The molecule has 1 heterocycles. The van der Waals surface area contributed by atoms with Gasteiger partial charge in [0, 0.05) is 16.8 Å². The van der Waals surface area contributed by atoms with Crippen molar-refractivity contribution in [2.45, 2.75) is 6.18 Å². The first-order valence-electron chi connectivity index (χ1n) is 7.55. The highest BCUT2D eigenvalue weighted by molar-refractivity contribution is 6.37. The van der Waals surface area contributed by atoms with Crippen LogP contribution in [0.4, 0.5) is 13.2 Å². The Balaban J connectivity index is 2.09. The number of para-hydroxylation sites is 1. The fourth-order valence-electron chi connectivity index (χ4n) is 2.26. The third-order valence-electron chi connectivity index (χ3n) is 3.54. The summed E-state index contributed by atoms with van der Waals surface area (Å²) in [5, 5.41) is 0.373. The van der Waals surface area contributed by atoms with E-state index in [2.05, 4.69) is 4.98 Å². The molecule has 0 aliphatic rings. The van der Waals surface area contributed by atoms with E-state index in [-0.39, 0.29) is 27.8 Å². The number of alkyl halides is 3. The topological polar surface area (TPSA) is 39.2 Å². The molecule has 0 fully saturated rings. The van der Waals surface area contributed by atoms with E-state index in [1.807, 2.05) is 0 Å². The summed E-state index contributed by atoms with van der Waals surface area (Å²) in [4.78, 5) is 16.5. The fraction of sp³-hybridized carbons (Fsp3) is 0.0526. The van der Waals surface area contributed by atoms with E-state index in [4.69, 9.17) is 27.9 Å². The summed E-state index contributed by atoms with van der Waals surface area (Å²) in [6.07, 6.45) is -4.06. The number of halogens is 5. The van der Waals surface area contributed by atoms with E-state index < -0.39 is 17.5 Å². The molecule has 0 amide bonds. The number of nitrogens with zero attached hydrogens (tertiary/aromatic N) is 1. The number of ether oxygens (including phenoxy) is 1. The smallest absolute Gasteiger partial charge is 0.418 e. The SMILES string of the molecule is O=C(c1ccc(Cl)cc1Cl)c1ncc(C(F)(F)F)cc1Oc1ccccc1. The van der Waals surface area contributed by atoms with Crippen LogP contribution >= 0.6 is 23.2 Å². The van der Waals surface area contributed by atoms with Gasteiger partial charge in [0.05, 0.1) is 10.6 Å². The van der Waals surface area contributed by atoms with Crippen LogP contribution in [-0.4, -0.2) is 10.8 Å². The van der Waals surface area contributed by atoms with E-state index in [0.29, 0.717) is 11.2 Å². The van der Waals surface area contributed by atoms with Crippen LogP contribution in [-0.2, 0) is 6.18 Å². The molecule has 2 aromatic carbocycles. The Bertz CT molecular complexity index is 992. The molecule has 138 valence electrons. The maximum atomic E-state index is 13.1. The second-order valence-corrected chi connectivity index (χ2v) is 6.28. The lowest BCUT2D eigenvalue weighted by atomic mass is 10.1. The molecule has 1 aromatic heterocycles. The standard InChI is InChI=1S/C19H10Cl2F3NO2/c20-12-6-7-14(15(21)9-12)18(26)17-16(27-13-4-2-1-3-5-13)8-11(10-25-17)19(22,23)24/h1-10H. The first-order chi connectivity index (χ1) is 12.8. The van der Waals surface area contributed by atoms with E-state index in [1.54, 1.807) is 30.3 Å². The molecule has 0 N–H and O–H groups in total. The molecule has 27 heavy (non-hydrogen) atoms. The maximum absolute atomic E-state index is 13.1. The van der Waals surface area contributed by atoms with Crippen molar-refractivity contribution in [3.05, 3.63) is 87.7 Å². The van der Waals surface area contributed by atoms with Gasteiger partial charge in [-0.05, 0) is 36.4 Å². The van der Waals surface area contributed by atoms with Gasteiger partial charge in [-0.2, -0.15) is 13.2 Å². The van der Waals surface area contributed by atoms with Crippen LogP contribution in [0.3, 0.4) is 0 Å². The van der Waals surface area contributed by atoms with Gasteiger partial charge in [0.2, 0.25) is 5.78 Å². The highest BCUT2D eigenvalue weighted by Crippen LogP contribution is 2.35. The Labute approximate surface area is 162 Å². The van der Waals surface area contributed by atoms with E-state index >= 15 is 0 Å². The monoisotopic (exact) mass is 411 g/mol. The van der Waals surface area contributed by atoms with Crippen LogP contribution in [0.1, 0.15) is 21.6 Å². The lowest BCUT2D eigenvalue weighted by molar-refractivity contribution is -0.137. The summed E-state index contributed by atoms with van der Waals surface area (Å²) in [7, 11) is 0. The zero-order valence-electron chi connectivity index (χ0n) is 13.4. The summed E-state index contributed by atoms with van der Waals surface area (Å²) in [6, 6.07) is 13.0. The van der Waals surface area contributed by atoms with Crippen molar-refractivity contribution in [1.82, 2.24) is 4.98 Å². The predicted octanol–water partition coefficient (Wildman–Crippen LogP) is 6.43. The first kappa shape index (κ1) is 19.2. The second-order valence-electron chi connectivity index (χ2n) is 5.44. The molecule has 0 spiro atoms. The molecule has 0 aliphatic carbocycles. The molecule has 0 unspecified atom stereocenters. The molecular weight excluding hydrogens is 402 g/mol. The summed E-state index contributed by atoms with van der Waals surface area (Å²) in [5.41, 5.74) is -1.28. The first-order valence-corrected chi connectivity index (χ1v) is 8.31. The Kier molecular flexibility index (Phi) is 5.39. The molecule has 3 rings (SSSR count). The number of rotatable bonds is 4. The molecule has 0 bridgehead atoms. The van der Waals surface area contributed by atoms with Crippen molar-refractivity contribution >= 4 is 29.0 Å². The van der Waals surface area contributed by atoms with Gasteiger partial charge in [-0.25, -0.2) is 4.98 Å². The zero-order chi connectivity index (χ0) is 19.6. The van der Waals surface area contributed by atoms with E-state index in [1.165, 1.54) is 18.2 Å². The van der Waals surface area contributed by atoms with Crippen molar-refractivity contribution in [2.24, 2.45) is 0 Å². The van der Waals surface area contributed by atoms with Crippen molar-refractivity contribution in [3.8, 4) is 11.5 Å². The minimum absolute atomic E-state index is 0.0474. The van der Waals surface area contributed by atoms with Crippen LogP contribution in [0.15, 0.2) is 60.8 Å². The predicted molar refractivity (Wildman–Crippen MR) is 95.6 cm³/mol. The van der Waals surface area contributed by atoms with Gasteiger partial charge >= 0.3 is 6.18 Å². The Hall–Kier alpha value is -2.57. The van der Waals surface area contributed by atoms with Gasteiger partial charge in [0.1, 0.15) is 5.75 Å². The Morgan fingerprint density at radius 3 is 2.33 bits per heavy atom. The van der Waals surface area contributed by atoms with Crippen molar-refractivity contribution in [2.75, 3.05) is 0 Å². The lowest BCUT2D eigenvalue weighted by Crippen LogP contribution is -2.11. The molecule has 8 heteroatoms. The third-order valence-corrected chi connectivity index (χ3v) is 4.09. The third kappa shape index (κ3) is 4.40. The van der Waals surface area contributed by atoms with Gasteiger partial charge in [-0.1, -0.05) is 41.4 Å². The second kappa shape index (κ2) is 7.58. The average Bonchev–Trinajstić information content (AvgIpc) is 2.61. The quantitative estimate of drug-likeness (QED) is 0.464. The highest BCUT2D eigenvalue weighted by atomic mass is 35.5. The van der Waals surface area contributed by atoms with Crippen LogP contribution in [0.2, 0.25) is 10.0 Å². The number of hydrogen-bond acceptors (Lipinski definition) is 3. The maximum Gasteiger partial charge on any atom is 0.418 e. The fourth-order valence-corrected chi connectivity index (χ4v) is 2.76. The highest BCUT2D eigenvalue weighted by Gasteiger charge is 2.33. The number of hydrogen-bond donors (Lipinski definition) is 0. The average molecular weight is 412 g/mol. The number of benzene rings is 2. The molecule has 0 atom stereocenters. The molecule has 0 saturated carbocycles. The lowest BCUT2D eigenvalue weighted by Gasteiger charge is -2.13. The van der Waals surface area contributed by atoms with Gasteiger partial charge in [0.15, 0.2) is 11.4 Å². The summed E-state index contributed by atoms with van der Waals surface area (Å²) < 4.78 is 44.7. The number of pyridine rings is 1. The Morgan fingerprint density at radius 1 is 1.00 bits per heavy atom. The van der Waals surface area contributed by atoms with E-state index in [9.17, 15) is 18.0 Å². The number of ketones is 1. The molecule has 0 saturated heterocycles. The van der Waals surface area contributed by atoms with Crippen LogP contribution in [0.25, 0.3) is 0 Å². The molecule has 0 radical (unpaired) electrons. The van der Waals surface area contributed by atoms with Gasteiger partial charge in [-0.3, -0.25) is 4.79 Å². The minimum Gasteiger partial charge on any atom is -0.455 e. The number of carbonyl (C=O) groups excluding carboxylic acids is 1. The Morgan fingerprint density at radius 2 is 1.70 bits per heavy atom. The number of aromatic nitrogens is 1. The van der Waals surface area contributed by atoms with Gasteiger partial charge in [-0.15, -0.1) is 0 Å². The largest absolute Gasteiger partial charge is 0.455 e. The van der Waals surface area contributed by atoms with Crippen molar-refractivity contribution in [3.63, 3.8) is 0 Å². The molecule has 0 aliphatic heterocycles. The minimum atomic E-state index is -4.64. The van der Waals surface area contributed by atoms with Crippen molar-refractivity contribution in [1.29, 1.82) is 0 Å². The summed E-state index contributed by atoms with van der Waals surface area (Å²) in [5.74, 6) is -0.752. The van der Waals surface area contributed by atoms with Crippen molar-refractivity contribution < 1.29 is 22.7 Å². The number of carbonyl (C=O) groups is 1. The molecule has 3 aromatic rings. The summed E-state index contributed by atoms with van der Waals surface area (Å²) in [6.45, 7) is 0. The molecule has 3 nitrogen and oxygen atoms in total. The van der Waals surface area contributed by atoms with E-state index in [0.717, 1.165) is 6.07 Å². The summed E-state index contributed by atoms with van der Waals surface area (Å²) >= 11 is 11.9. The molecular formula is C19H10Cl2F3NO2. The normalized spacial score (nSPS) is 11.3. The van der Waals surface area contributed by atoms with Crippen LogP contribution < -0.4 is 4.74 Å². The van der Waals surface area contributed by atoms with Gasteiger partial charge < -0.3 is 4.74 Å².